The Labute approximate surface area is 104 Å². The molecular formula is C10H4ClFN2O4. The van der Waals surface area contributed by atoms with Crippen molar-refractivity contribution in [2.75, 3.05) is 0 Å². The van der Waals surface area contributed by atoms with Crippen molar-refractivity contribution < 1.29 is 19.2 Å². The molecule has 2 aromatic rings. The highest BCUT2D eigenvalue weighted by Gasteiger charge is 2.18. The van der Waals surface area contributed by atoms with E-state index in [-0.39, 0.29) is 21.6 Å². The molecule has 0 bridgehead atoms. The van der Waals surface area contributed by atoms with Gasteiger partial charge in [-0.05, 0) is 6.07 Å². The molecule has 1 aromatic heterocycles. The Morgan fingerprint density at radius 1 is 1.44 bits per heavy atom. The maximum Gasteiger partial charge on any atom is 0.336 e. The van der Waals surface area contributed by atoms with Crippen LogP contribution in [-0.4, -0.2) is 21.0 Å². The van der Waals surface area contributed by atoms with Crippen LogP contribution in [0.2, 0.25) is 5.15 Å². The second-order valence-corrected chi connectivity index (χ2v) is 3.77. The van der Waals surface area contributed by atoms with Gasteiger partial charge in [0.2, 0.25) is 0 Å². The second-order valence-electron chi connectivity index (χ2n) is 3.38. The molecule has 1 aromatic carbocycles. The lowest BCUT2D eigenvalue weighted by Crippen LogP contribution is -2.01. The lowest BCUT2D eigenvalue weighted by Gasteiger charge is -2.04. The van der Waals surface area contributed by atoms with Crippen molar-refractivity contribution in [3.8, 4) is 0 Å². The van der Waals surface area contributed by atoms with Gasteiger partial charge in [-0.15, -0.1) is 0 Å². The Kier molecular flexibility index (Phi) is 2.84. The normalized spacial score (nSPS) is 10.6. The van der Waals surface area contributed by atoms with Gasteiger partial charge in [0.05, 0.1) is 16.6 Å². The van der Waals surface area contributed by atoms with Crippen LogP contribution in [0.25, 0.3) is 10.9 Å². The van der Waals surface area contributed by atoms with Crippen LogP contribution in [0.4, 0.5) is 10.1 Å². The lowest BCUT2D eigenvalue weighted by atomic mass is 10.1. The zero-order valence-corrected chi connectivity index (χ0v) is 9.31. The topological polar surface area (TPSA) is 93.3 Å². The Morgan fingerprint density at radius 3 is 2.67 bits per heavy atom. The molecular weight excluding hydrogens is 267 g/mol. The summed E-state index contributed by atoms with van der Waals surface area (Å²) in [5.41, 5.74) is -1.20. The minimum atomic E-state index is -1.37. The number of non-ortho nitro benzene ring substituents is 1. The first kappa shape index (κ1) is 12.2. The first-order valence-corrected chi connectivity index (χ1v) is 4.95. The largest absolute Gasteiger partial charge is 0.478 e. The number of nitro groups is 1. The molecule has 0 unspecified atom stereocenters. The Morgan fingerprint density at radius 2 is 2.11 bits per heavy atom. The van der Waals surface area contributed by atoms with E-state index in [0.717, 1.165) is 12.1 Å². The highest BCUT2D eigenvalue weighted by molar-refractivity contribution is 6.30. The number of pyridine rings is 1. The zero-order chi connectivity index (χ0) is 13.4. The van der Waals surface area contributed by atoms with Crippen LogP contribution in [-0.2, 0) is 0 Å². The molecule has 1 N–H and O–H groups in total. The molecule has 1 heterocycles. The number of fused-ring (bicyclic) bond motifs is 1. The molecule has 2 rings (SSSR count). The number of carboxylic acids is 1. The van der Waals surface area contributed by atoms with Crippen LogP contribution < -0.4 is 0 Å². The number of nitro benzene ring substituents is 1. The van der Waals surface area contributed by atoms with E-state index in [4.69, 9.17) is 16.7 Å². The van der Waals surface area contributed by atoms with Crippen molar-refractivity contribution in [3.05, 3.63) is 44.8 Å². The minimum absolute atomic E-state index is 0.168. The monoisotopic (exact) mass is 270 g/mol. The third-order valence-corrected chi connectivity index (χ3v) is 2.46. The van der Waals surface area contributed by atoms with Crippen molar-refractivity contribution in [2.45, 2.75) is 0 Å². The molecule has 0 spiro atoms. The van der Waals surface area contributed by atoms with Gasteiger partial charge >= 0.3 is 5.97 Å². The van der Waals surface area contributed by atoms with E-state index in [1.807, 2.05) is 0 Å². The number of hydrogen-bond donors (Lipinski definition) is 1. The van der Waals surface area contributed by atoms with Gasteiger partial charge in [0.15, 0.2) is 5.82 Å². The van der Waals surface area contributed by atoms with Crippen LogP contribution in [0, 0.1) is 15.9 Å². The SMILES string of the molecule is O=C(O)c1cc(Cl)nc2c(F)cc([N+](=O)[O-])cc12. The van der Waals surface area contributed by atoms with Gasteiger partial charge in [0.1, 0.15) is 10.7 Å². The number of nitrogens with zero attached hydrogens (tertiary/aromatic N) is 2. The first-order valence-electron chi connectivity index (χ1n) is 4.57. The molecule has 0 aliphatic rings. The number of aromatic nitrogens is 1. The molecule has 0 saturated heterocycles. The predicted octanol–water partition coefficient (Wildman–Crippen LogP) is 2.63. The zero-order valence-electron chi connectivity index (χ0n) is 8.55. The maximum absolute atomic E-state index is 13.6. The minimum Gasteiger partial charge on any atom is -0.478 e. The van der Waals surface area contributed by atoms with Crippen molar-refractivity contribution in [2.24, 2.45) is 0 Å². The summed E-state index contributed by atoms with van der Waals surface area (Å²) in [4.78, 5) is 24.4. The van der Waals surface area contributed by atoms with Crippen LogP contribution in [0.1, 0.15) is 10.4 Å². The highest BCUT2D eigenvalue weighted by Crippen LogP contribution is 2.27. The molecule has 0 saturated carbocycles. The molecule has 0 radical (unpaired) electrons. The lowest BCUT2D eigenvalue weighted by molar-refractivity contribution is -0.384. The Hall–Kier alpha value is -2.28. The Bertz CT molecular complexity index is 689. The molecule has 0 aliphatic carbocycles. The van der Waals surface area contributed by atoms with Crippen molar-refractivity contribution >= 4 is 34.2 Å². The standard InChI is InChI=1S/C10H4ClFN2O4/c11-8-3-6(10(15)16)5-1-4(14(17)18)2-7(12)9(5)13-8/h1-3H,(H,15,16). The fourth-order valence-corrected chi connectivity index (χ4v) is 1.72. The summed E-state index contributed by atoms with van der Waals surface area (Å²) in [5.74, 6) is -2.37. The average molecular weight is 271 g/mol. The molecule has 6 nitrogen and oxygen atoms in total. The number of carboxylic acid groups (broad SMARTS) is 1. The third kappa shape index (κ3) is 1.95. The van der Waals surface area contributed by atoms with E-state index in [9.17, 15) is 19.3 Å². The fraction of sp³-hybridized carbons (Fsp3) is 0. The number of halogens is 2. The summed E-state index contributed by atoms with van der Waals surface area (Å²) in [6.07, 6.45) is 0. The van der Waals surface area contributed by atoms with Gasteiger partial charge in [0, 0.05) is 11.5 Å². The van der Waals surface area contributed by atoms with Crippen molar-refractivity contribution in [1.82, 2.24) is 4.98 Å². The summed E-state index contributed by atoms with van der Waals surface area (Å²) in [7, 11) is 0. The highest BCUT2D eigenvalue weighted by atomic mass is 35.5. The molecule has 0 amide bonds. The fourth-order valence-electron chi connectivity index (χ4n) is 1.52. The van der Waals surface area contributed by atoms with Gasteiger partial charge in [-0.25, -0.2) is 14.2 Å². The Balaban J connectivity index is 2.92. The van der Waals surface area contributed by atoms with E-state index < -0.39 is 22.4 Å². The van der Waals surface area contributed by atoms with Crippen LogP contribution in [0.3, 0.4) is 0 Å². The van der Waals surface area contributed by atoms with Gasteiger partial charge in [0.25, 0.3) is 5.69 Å². The molecule has 0 fully saturated rings. The second kappa shape index (κ2) is 4.19. The maximum atomic E-state index is 13.6. The molecule has 92 valence electrons. The molecule has 0 atom stereocenters. The summed E-state index contributed by atoms with van der Waals surface area (Å²) >= 11 is 5.57. The number of benzene rings is 1. The number of aromatic carboxylic acids is 1. The van der Waals surface area contributed by atoms with Crippen LogP contribution in [0.15, 0.2) is 18.2 Å². The number of hydrogen-bond acceptors (Lipinski definition) is 4. The van der Waals surface area contributed by atoms with E-state index in [0.29, 0.717) is 6.07 Å². The third-order valence-electron chi connectivity index (χ3n) is 2.26. The molecule has 0 aliphatic heterocycles. The summed E-state index contributed by atoms with van der Waals surface area (Å²) in [5, 5.41) is 19.2. The van der Waals surface area contributed by atoms with Gasteiger partial charge < -0.3 is 5.11 Å². The summed E-state index contributed by atoms with van der Waals surface area (Å²) in [6.45, 7) is 0. The van der Waals surface area contributed by atoms with Gasteiger partial charge in [-0.2, -0.15) is 0 Å². The molecule has 8 heteroatoms. The van der Waals surface area contributed by atoms with E-state index in [1.165, 1.54) is 0 Å². The summed E-state index contributed by atoms with van der Waals surface area (Å²) < 4.78 is 13.6. The summed E-state index contributed by atoms with van der Waals surface area (Å²) in [6, 6.07) is 2.62. The molecule has 18 heavy (non-hydrogen) atoms. The van der Waals surface area contributed by atoms with E-state index in [1.54, 1.807) is 0 Å². The number of carbonyl (C=O) groups is 1. The predicted molar refractivity (Wildman–Crippen MR) is 60.3 cm³/mol. The number of rotatable bonds is 2. The van der Waals surface area contributed by atoms with E-state index >= 15 is 0 Å². The average Bonchev–Trinajstić information content (AvgIpc) is 2.28. The van der Waals surface area contributed by atoms with E-state index in [2.05, 4.69) is 4.98 Å². The smallest absolute Gasteiger partial charge is 0.336 e. The van der Waals surface area contributed by atoms with Crippen molar-refractivity contribution in [3.63, 3.8) is 0 Å². The van der Waals surface area contributed by atoms with Gasteiger partial charge in [-0.1, -0.05) is 11.6 Å². The quantitative estimate of drug-likeness (QED) is 0.514. The van der Waals surface area contributed by atoms with Crippen LogP contribution >= 0.6 is 11.6 Å². The van der Waals surface area contributed by atoms with Gasteiger partial charge in [-0.3, -0.25) is 10.1 Å². The van der Waals surface area contributed by atoms with Crippen molar-refractivity contribution in [1.29, 1.82) is 0 Å². The van der Waals surface area contributed by atoms with Crippen LogP contribution in [0.5, 0.6) is 0 Å². The first-order chi connectivity index (χ1) is 8.40.